The van der Waals surface area contributed by atoms with Crippen LogP contribution in [0, 0.1) is 0 Å². The highest BCUT2D eigenvalue weighted by atomic mass is 16.9. The van der Waals surface area contributed by atoms with E-state index in [1.807, 2.05) is 43.3 Å². The number of anilines is 1. The zero-order valence-electron chi connectivity index (χ0n) is 21.2. The largest absolute Gasteiger partial charge is 0.378 e. The third kappa shape index (κ3) is 4.56. The van der Waals surface area contributed by atoms with Gasteiger partial charge in [-0.15, -0.1) is 0 Å². The summed E-state index contributed by atoms with van der Waals surface area (Å²) >= 11 is 0. The van der Waals surface area contributed by atoms with Crippen LogP contribution in [-0.2, 0) is 28.5 Å². The van der Waals surface area contributed by atoms with Crippen molar-refractivity contribution in [3.05, 3.63) is 29.8 Å². The summed E-state index contributed by atoms with van der Waals surface area (Å²) in [5.74, 6) is -1.69. The number of rotatable bonds is 4. The standard InChI is InChI=1S/C27H37N3O6/c1-30(2)19-11-9-18(10-12-19)17-28-29-24(31)22-20-21(34-26(33-20)13-5-3-6-14-26)23-25(32-22)36-27(35-23)15-7-4-8-16-27/h9-12,17,20-23,25H,3-8,13-16H2,1-2H3,(H,29,31)/b28-17+/t20-,21-,22-,23-,25-/m1/s1. The van der Waals surface area contributed by atoms with Crippen molar-refractivity contribution in [3.8, 4) is 0 Å². The SMILES string of the molecule is CN(C)c1ccc(/C=N/NC(=O)[C@@H]2O[C@@H]3OC4(CCCCC4)O[C@@H]3[C@@H]3OC4(CCCCC4)O[C@H]32)cc1. The lowest BCUT2D eigenvalue weighted by molar-refractivity contribution is -0.247. The van der Waals surface area contributed by atoms with Crippen LogP contribution in [0.1, 0.15) is 69.8 Å². The first-order valence-corrected chi connectivity index (χ1v) is 13.4. The highest BCUT2D eigenvalue weighted by Gasteiger charge is 2.65. The minimum atomic E-state index is -0.895. The zero-order chi connectivity index (χ0) is 24.8. The maximum absolute atomic E-state index is 13.3. The van der Waals surface area contributed by atoms with Crippen molar-refractivity contribution >= 4 is 17.8 Å². The van der Waals surface area contributed by atoms with Crippen molar-refractivity contribution in [3.63, 3.8) is 0 Å². The van der Waals surface area contributed by atoms with Crippen molar-refractivity contribution in [2.24, 2.45) is 5.10 Å². The van der Waals surface area contributed by atoms with E-state index in [9.17, 15) is 4.79 Å². The lowest BCUT2D eigenvalue weighted by atomic mass is 9.94. The van der Waals surface area contributed by atoms with Crippen molar-refractivity contribution in [1.82, 2.24) is 5.43 Å². The van der Waals surface area contributed by atoms with Crippen LogP contribution >= 0.6 is 0 Å². The number of fused-ring (bicyclic) bond motifs is 3. The number of nitrogens with one attached hydrogen (secondary N) is 1. The minimum absolute atomic E-state index is 0.366. The number of ether oxygens (including phenoxy) is 5. The fourth-order valence-corrected chi connectivity index (χ4v) is 6.26. The molecule has 2 aliphatic carbocycles. The highest BCUT2D eigenvalue weighted by Crippen LogP contribution is 2.50. The molecular formula is C27H37N3O6. The van der Waals surface area contributed by atoms with Gasteiger partial charge in [0.15, 0.2) is 24.0 Å². The van der Waals surface area contributed by atoms with Crippen molar-refractivity contribution in [2.45, 2.75) is 106 Å². The number of benzene rings is 1. The van der Waals surface area contributed by atoms with E-state index in [1.54, 1.807) is 6.21 Å². The first kappa shape index (κ1) is 24.3. The van der Waals surface area contributed by atoms with E-state index < -0.39 is 42.3 Å². The van der Waals surface area contributed by atoms with Crippen molar-refractivity contribution in [1.29, 1.82) is 0 Å². The topological polar surface area (TPSA) is 90.9 Å². The number of amides is 1. The normalized spacial score (nSPS) is 34.6. The summed E-state index contributed by atoms with van der Waals surface area (Å²) in [6, 6.07) is 7.92. The summed E-state index contributed by atoms with van der Waals surface area (Å²) < 4.78 is 32.2. The monoisotopic (exact) mass is 499 g/mol. The average Bonchev–Trinajstić information content (AvgIpc) is 3.42. The maximum atomic E-state index is 13.3. The molecule has 3 heterocycles. The molecule has 2 spiro atoms. The van der Waals surface area contributed by atoms with E-state index in [2.05, 4.69) is 10.5 Å². The molecule has 36 heavy (non-hydrogen) atoms. The predicted molar refractivity (Wildman–Crippen MR) is 133 cm³/mol. The third-order valence-corrected chi connectivity index (χ3v) is 8.17. The summed E-state index contributed by atoms with van der Waals surface area (Å²) in [6.07, 6.45) is 8.54. The van der Waals surface area contributed by atoms with E-state index in [1.165, 1.54) is 12.8 Å². The van der Waals surface area contributed by atoms with Crippen molar-refractivity contribution < 1.29 is 28.5 Å². The number of carbonyl (C=O) groups excluding carboxylic acids is 1. The predicted octanol–water partition coefficient (Wildman–Crippen LogP) is 3.45. The van der Waals surface area contributed by atoms with E-state index in [0.29, 0.717) is 0 Å². The molecule has 2 saturated carbocycles. The number of hydrogen-bond acceptors (Lipinski definition) is 8. The Labute approximate surface area is 212 Å². The fourth-order valence-electron chi connectivity index (χ4n) is 6.26. The van der Waals surface area contributed by atoms with Crippen LogP contribution in [-0.4, -0.2) is 68.5 Å². The number of hydrazone groups is 1. The molecule has 0 aromatic heterocycles. The molecule has 9 heteroatoms. The molecule has 1 aromatic rings. The van der Waals surface area contributed by atoms with Crippen LogP contribution in [0.2, 0.25) is 0 Å². The van der Waals surface area contributed by atoms with Gasteiger partial charge in [0.25, 0.3) is 5.91 Å². The van der Waals surface area contributed by atoms with Gasteiger partial charge in [0.2, 0.25) is 0 Å². The van der Waals surface area contributed by atoms with Gasteiger partial charge >= 0.3 is 0 Å². The summed E-state index contributed by atoms with van der Waals surface area (Å²) in [5, 5.41) is 4.19. The maximum Gasteiger partial charge on any atom is 0.272 e. The second-order valence-electron chi connectivity index (χ2n) is 11.0. The molecule has 196 valence electrons. The second-order valence-corrected chi connectivity index (χ2v) is 11.0. The van der Waals surface area contributed by atoms with Gasteiger partial charge in [-0.2, -0.15) is 5.10 Å². The van der Waals surface area contributed by atoms with E-state index >= 15 is 0 Å². The number of nitrogens with zero attached hydrogens (tertiary/aromatic N) is 2. The summed E-state index contributed by atoms with van der Waals surface area (Å²) in [4.78, 5) is 15.3. The molecule has 6 rings (SSSR count). The summed E-state index contributed by atoms with van der Waals surface area (Å²) in [6.45, 7) is 0. The van der Waals surface area contributed by atoms with Gasteiger partial charge in [0.1, 0.15) is 18.3 Å². The van der Waals surface area contributed by atoms with E-state index in [0.717, 1.165) is 62.6 Å². The first-order chi connectivity index (χ1) is 17.5. The molecule has 1 N–H and O–H groups in total. The molecule has 5 atom stereocenters. The third-order valence-electron chi connectivity index (χ3n) is 8.17. The summed E-state index contributed by atoms with van der Waals surface area (Å²) in [5.41, 5.74) is 4.64. The van der Waals surface area contributed by atoms with Crippen LogP contribution in [0.4, 0.5) is 5.69 Å². The highest BCUT2D eigenvalue weighted by molar-refractivity contribution is 5.85. The molecule has 9 nitrogen and oxygen atoms in total. The zero-order valence-corrected chi connectivity index (χ0v) is 21.2. The van der Waals surface area contributed by atoms with Gasteiger partial charge < -0.3 is 28.6 Å². The molecule has 1 aromatic carbocycles. The lowest BCUT2D eigenvalue weighted by Gasteiger charge is -2.36. The van der Waals surface area contributed by atoms with Crippen molar-refractivity contribution in [2.75, 3.05) is 19.0 Å². The molecule has 0 bridgehead atoms. The van der Waals surface area contributed by atoms with Crippen LogP contribution in [0.5, 0.6) is 0 Å². The van der Waals surface area contributed by atoms with Gasteiger partial charge in [-0.3, -0.25) is 4.79 Å². The van der Waals surface area contributed by atoms with Gasteiger partial charge in [-0.25, -0.2) is 5.43 Å². The molecule has 3 aliphatic heterocycles. The van der Waals surface area contributed by atoms with Crippen LogP contribution in [0.3, 0.4) is 0 Å². The molecule has 5 fully saturated rings. The smallest absolute Gasteiger partial charge is 0.272 e. The number of hydrogen-bond donors (Lipinski definition) is 1. The minimum Gasteiger partial charge on any atom is -0.378 e. The Morgan fingerprint density at radius 2 is 1.44 bits per heavy atom. The Morgan fingerprint density at radius 3 is 2.08 bits per heavy atom. The molecule has 5 aliphatic rings. The van der Waals surface area contributed by atoms with Gasteiger partial charge in [-0.05, 0) is 43.4 Å². The quantitative estimate of drug-likeness (QED) is 0.501. The average molecular weight is 500 g/mol. The molecule has 0 unspecified atom stereocenters. The molecule has 3 saturated heterocycles. The molecular weight excluding hydrogens is 462 g/mol. The second kappa shape index (κ2) is 9.68. The Hall–Kier alpha value is -2.04. The van der Waals surface area contributed by atoms with Gasteiger partial charge in [0.05, 0.1) is 6.21 Å². The van der Waals surface area contributed by atoms with E-state index in [4.69, 9.17) is 23.7 Å². The number of carbonyl (C=O) groups is 1. The Kier molecular flexibility index (Phi) is 6.54. The van der Waals surface area contributed by atoms with Crippen LogP contribution in [0.25, 0.3) is 0 Å². The van der Waals surface area contributed by atoms with Gasteiger partial charge in [0, 0.05) is 45.5 Å². The Balaban J connectivity index is 1.19. The van der Waals surface area contributed by atoms with Crippen LogP contribution < -0.4 is 10.3 Å². The van der Waals surface area contributed by atoms with Gasteiger partial charge in [-0.1, -0.05) is 25.0 Å². The Morgan fingerprint density at radius 1 is 0.861 bits per heavy atom. The Bertz CT molecular complexity index is 970. The molecule has 0 radical (unpaired) electrons. The van der Waals surface area contributed by atoms with Crippen LogP contribution in [0.15, 0.2) is 29.4 Å². The molecule has 1 amide bonds. The fraction of sp³-hybridized carbons (Fsp3) is 0.704. The van der Waals surface area contributed by atoms with E-state index in [-0.39, 0.29) is 5.91 Å². The first-order valence-electron chi connectivity index (χ1n) is 13.4. The lowest BCUT2D eigenvalue weighted by Crippen LogP contribution is -2.59. The summed E-state index contributed by atoms with van der Waals surface area (Å²) in [7, 11) is 3.99.